The van der Waals surface area contributed by atoms with Gasteiger partial charge >= 0.3 is 0 Å². The fourth-order valence-corrected chi connectivity index (χ4v) is 4.12. The first-order valence-corrected chi connectivity index (χ1v) is 10.0. The van der Waals surface area contributed by atoms with Crippen LogP contribution in [0.5, 0.6) is 0 Å². The minimum atomic E-state index is -0.328. The molecule has 0 spiro atoms. The number of aromatic nitrogens is 1. The van der Waals surface area contributed by atoms with Crippen molar-refractivity contribution in [3.8, 4) is 11.3 Å². The molecule has 1 saturated heterocycles. The highest BCUT2D eigenvalue weighted by atomic mass is 32.1. The fraction of sp³-hybridized carbons (Fsp3) is 0.368. The number of anilines is 1. The lowest BCUT2D eigenvalue weighted by Crippen LogP contribution is -2.35. The van der Waals surface area contributed by atoms with Crippen molar-refractivity contribution in [2.45, 2.75) is 19.4 Å². The van der Waals surface area contributed by atoms with Gasteiger partial charge in [-0.15, -0.1) is 0 Å². The zero-order chi connectivity index (χ0) is 19.3. The lowest BCUT2D eigenvalue weighted by Gasteiger charge is -2.26. The Kier molecular flexibility index (Phi) is 5.75. The first-order valence-electron chi connectivity index (χ1n) is 9.21. The zero-order valence-corrected chi connectivity index (χ0v) is 16.1. The number of amides is 2. The van der Waals surface area contributed by atoms with Gasteiger partial charge in [-0.2, -0.15) is 5.10 Å². The third-order valence-corrected chi connectivity index (χ3v) is 5.56. The van der Waals surface area contributed by atoms with Crippen LogP contribution < -0.4 is 10.7 Å². The van der Waals surface area contributed by atoms with E-state index in [-0.39, 0.29) is 18.2 Å². The highest BCUT2D eigenvalue weighted by Gasteiger charge is 2.22. The summed E-state index contributed by atoms with van der Waals surface area (Å²) in [7, 11) is 0. The summed E-state index contributed by atoms with van der Waals surface area (Å²) in [6.45, 7) is 3.98. The molecule has 1 aromatic heterocycles. The second kappa shape index (κ2) is 8.59. The van der Waals surface area contributed by atoms with E-state index in [0.717, 1.165) is 49.0 Å². The topological polar surface area (TPSA) is 95.9 Å². The normalized spacial score (nSPS) is 17.7. The smallest absolute Gasteiger partial charge is 0.273 e. The number of carbonyl (C=O) groups is 2. The highest BCUT2D eigenvalue weighted by molar-refractivity contribution is 7.16. The lowest BCUT2D eigenvalue weighted by atomic mass is 10.1. The first-order chi connectivity index (χ1) is 13.7. The van der Waals surface area contributed by atoms with Crippen molar-refractivity contribution in [3.63, 3.8) is 0 Å². The van der Waals surface area contributed by atoms with E-state index in [1.54, 1.807) is 0 Å². The lowest BCUT2D eigenvalue weighted by molar-refractivity contribution is -0.121. The second-order valence-electron chi connectivity index (χ2n) is 6.59. The molecule has 9 heteroatoms. The molecule has 8 nitrogen and oxygen atoms in total. The molecule has 1 aromatic carbocycles. The molecule has 146 valence electrons. The molecule has 2 aliphatic rings. The summed E-state index contributed by atoms with van der Waals surface area (Å²) in [5, 5.41) is 7.22. The molecule has 28 heavy (non-hydrogen) atoms. The van der Waals surface area contributed by atoms with E-state index in [1.165, 1.54) is 11.3 Å². The van der Waals surface area contributed by atoms with Crippen LogP contribution in [-0.4, -0.2) is 53.7 Å². The molecule has 0 bridgehead atoms. The van der Waals surface area contributed by atoms with Gasteiger partial charge in [0.15, 0.2) is 5.13 Å². The van der Waals surface area contributed by atoms with Crippen LogP contribution in [0.2, 0.25) is 0 Å². The number of thiazole rings is 1. The third-order valence-electron chi connectivity index (χ3n) is 4.60. The first kappa shape index (κ1) is 18.7. The molecular formula is C19H21N5O3S. The number of ether oxygens (including phenoxy) is 1. The summed E-state index contributed by atoms with van der Waals surface area (Å²) >= 11 is 1.47. The number of carbonyl (C=O) groups excluding carboxylic acids is 2. The Morgan fingerprint density at radius 1 is 1.21 bits per heavy atom. The van der Waals surface area contributed by atoms with Gasteiger partial charge in [0.25, 0.3) is 5.91 Å². The Balaban J connectivity index is 1.56. The SMILES string of the molecule is O=C1CCC(C(=O)Nc2nc(-c3ccccc3)c(CN3CCOCC3)s2)=NN1. The van der Waals surface area contributed by atoms with Crippen molar-refractivity contribution in [1.82, 2.24) is 15.3 Å². The standard InChI is InChI=1S/C19H21N5O3S/c25-16-7-6-14(22-23-16)18(26)21-19-20-17(13-4-2-1-3-5-13)15(28-19)12-24-8-10-27-11-9-24/h1-5H,6-12H2,(H,23,25)(H,20,21,26). The largest absolute Gasteiger partial charge is 0.379 e. The van der Waals surface area contributed by atoms with Crippen LogP contribution in [0.15, 0.2) is 35.4 Å². The summed E-state index contributed by atoms with van der Waals surface area (Å²) in [6, 6.07) is 9.96. The predicted octanol–water partition coefficient (Wildman–Crippen LogP) is 1.85. The third kappa shape index (κ3) is 4.44. The number of hydrogen-bond donors (Lipinski definition) is 2. The van der Waals surface area contributed by atoms with E-state index in [9.17, 15) is 9.59 Å². The Hall–Kier alpha value is -2.62. The van der Waals surface area contributed by atoms with Gasteiger partial charge in [0.1, 0.15) is 5.71 Å². The van der Waals surface area contributed by atoms with E-state index in [4.69, 9.17) is 4.74 Å². The average molecular weight is 399 g/mol. The van der Waals surface area contributed by atoms with E-state index >= 15 is 0 Å². The molecule has 3 heterocycles. The number of nitrogens with one attached hydrogen (secondary N) is 2. The molecule has 0 unspecified atom stereocenters. The molecule has 2 amide bonds. The van der Waals surface area contributed by atoms with Gasteiger partial charge in [-0.3, -0.25) is 19.8 Å². The van der Waals surface area contributed by atoms with Crippen LogP contribution in [-0.2, 0) is 20.9 Å². The summed E-state index contributed by atoms with van der Waals surface area (Å²) in [6.07, 6.45) is 0.594. The van der Waals surface area contributed by atoms with Gasteiger partial charge in [0, 0.05) is 42.9 Å². The van der Waals surface area contributed by atoms with Gasteiger partial charge in [-0.25, -0.2) is 10.4 Å². The Morgan fingerprint density at radius 2 is 2.00 bits per heavy atom. The second-order valence-corrected chi connectivity index (χ2v) is 7.68. The van der Waals surface area contributed by atoms with Crippen molar-refractivity contribution in [2.75, 3.05) is 31.6 Å². The monoisotopic (exact) mass is 399 g/mol. The van der Waals surface area contributed by atoms with E-state index in [1.807, 2.05) is 30.3 Å². The number of rotatable bonds is 5. The molecule has 2 aromatic rings. The number of morpholine rings is 1. The van der Waals surface area contributed by atoms with E-state index in [0.29, 0.717) is 17.3 Å². The van der Waals surface area contributed by atoms with Crippen LogP contribution in [0, 0.1) is 0 Å². The van der Waals surface area contributed by atoms with Gasteiger partial charge < -0.3 is 4.74 Å². The number of benzene rings is 1. The summed E-state index contributed by atoms with van der Waals surface area (Å²) in [5.74, 6) is -0.503. The van der Waals surface area contributed by atoms with Crippen LogP contribution in [0.3, 0.4) is 0 Å². The summed E-state index contributed by atoms with van der Waals surface area (Å²) in [4.78, 5) is 31.8. The number of hydrogen-bond acceptors (Lipinski definition) is 7. The van der Waals surface area contributed by atoms with Crippen LogP contribution in [0.25, 0.3) is 11.3 Å². The van der Waals surface area contributed by atoms with Gasteiger partial charge in [-0.1, -0.05) is 41.7 Å². The molecule has 2 N–H and O–H groups in total. The Morgan fingerprint density at radius 3 is 2.71 bits per heavy atom. The van der Waals surface area contributed by atoms with E-state index in [2.05, 4.69) is 25.7 Å². The molecule has 0 saturated carbocycles. The molecule has 1 fully saturated rings. The molecular weight excluding hydrogens is 378 g/mol. The molecule has 0 aliphatic carbocycles. The van der Waals surface area contributed by atoms with Crippen LogP contribution in [0.1, 0.15) is 17.7 Å². The Labute approximate surface area is 166 Å². The fourth-order valence-electron chi connectivity index (χ4n) is 3.10. The predicted molar refractivity (Wildman–Crippen MR) is 107 cm³/mol. The maximum absolute atomic E-state index is 12.5. The zero-order valence-electron chi connectivity index (χ0n) is 15.3. The van der Waals surface area contributed by atoms with Crippen molar-refractivity contribution in [3.05, 3.63) is 35.2 Å². The highest BCUT2D eigenvalue weighted by Crippen LogP contribution is 2.32. The quantitative estimate of drug-likeness (QED) is 0.800. The van der Waals surface area contributed by atoms with Crippen LogP contribution in [0.4, 0.5) is 5.13 Å². The average Bonchev–Trinajstić information content (AvgIpc) is 3.12. The Bertz CT molecular complexity index is 890. The minimum absolute atomic E-state index is 0.176. The van der Waals surface area contributed by atoms with Crippen molar-refractivity contribution < 1.29 is 14.3 Å². The number of nitrogens with zero attached hydrogens (tertiary/aromatic N) is 3. The summed E-state index contributed by atoms with van der Waals surface area (Å²) in [5.41, 5.74) is 4.56. The van der Waals surface area contributed by atoms with Gasteiger partial charge in [0.05, 0.1) is 18.9 Å². The van der Waals surface area contributed by atoms with Gasteiger partial charge in [0.2, 0.25) is 5.91 Å². The summed E-state index contributed by atoms with van der Waals surface area (Å²) < 4.78 is 5.43. The van der Waals surface area contributed by atoms with Gasteiger partial charge in [-0.05, 0) is 0 Å². The van der Waals surface area contributed by atoms with Crippen molar-refractivity contribution in [2.24, 2.45) is 5.10 Å². The molecule has 0 radical (unpaired) electrons. The van der Waals surface area contributed by atoms with Crippen molar-refractivity contribution >= 4 is 34.0 Å². The molecule has 2 aliphatic heterocycles. The molecule has 0 atom stereocenters. The maximum Gasteiger partial charge on any atom is 0.273 e. The van der Waals surface area contributed by atoms with E-state index < -0.39 is 0 Å². The minimum Gasteiger partial charge on any atom is -0.379 e. The van der Waals surface area contributed by atoms with Crippen molar-refractivity contribution in [1.29, 1.82) is 0 Å². The number of hydrazone groups is 1. The maximum atomic E-state index is 12.5. The molecule has 4 rings (SSSR count). The van der Waals surface area contributed by atoms with Crippen LogP contribution >= 0.6 is 11.3 Å².